The number of rotatable bonds is 2. The first-order chi connectivity index (χ1) is 6.69. The largest absolute Gasteiger partial charge is 0.431 e. The lowest BCUT2D eigenvalue weighted by molar-refractivity contribution is -0.573. The van der Waals surface area contributed by atoms with E-state index in [1.165, 1.54) is 0 Å². The average molecular weight is 251 g/mol. The highest BCUT2D eigenvalue weighted by molar-refractivity contribution is 6.39. The summed E-state index contributed by atoms with van der Waals surface area (Å²) in [5.41, 5.74) is -5.41. The summed E-state index contributed by atoms with van der Waals surface area (Å²) < 4.78 is 73.1. The molecule has 16 heavy (non-hydrogen) atoms. The molecule has 0 saturated heterocycles. The third-order valence-electron chi connectivity index (χ3n) is 2.16. The van der Waals surface area contributed by atoms with E-state index in [2.05, 4.69) is 0 Å². The highest BCUT2D eigenvalue weighted by atomic mass is 19.4. The maximum absolute atomic E-state index is 12.2. The SMILES string of the molecule is BC(B)([N+](=O)[O-])C(O)(C(F)(F)F)C(F)(F)F. The Labute approximate surface area is 86.6 Å². The van der Waals surface area contributed by atoms with Crippen molar-refractivity contribution < 1.29 is 36.4 Å². The number of nitro groups is 1. The summed E-state index contributed by atoms with van der Waals surface area (Å²) in [5, 5.41) is 15.2. The highest BCUT2D eigenvalue weighted by Gasteiger charge is 2.81. The number of hydrogen-bond donors (Lipinski definition) is 1. The molecule has 0 heterocycles. The van der Waals surface area contributed by atoms with Gasteiger partial charge in [-0.3, -0.25) is 10.1 Å². The third-order valence-corrected chi connectivity index (χ3v) is 2.16. The van der Waals surface area contributed by atoms with Crippen molar-refractivity contribution in [1.29, 1.82) is 0 Å². The van der Waals surface area contributed by atoms with Crippen molar-refractivity contribution >= 4 is 15.7 Å². The molecule has 92 valence electrons. The van der Waals surface area contributed by atoms with Crippen LogP contribution in [0.4, 0.5) is 26.3 Å². The molecule has 0 amide bonds. The lowest BCUT2D eigenvalue weighted by Crippen LogP contribution is -2.74. The Bertz CT molecular complexity index is 285. The van der Waals surface area contributed by atoms with Gasteiger partial charge in [-0.05, 0) is 0 Å². The van der Waals surface area contributed by atoms with Crippen LogP contribution >= 0.6 is 0 Å². The molecule has 0 unspecified atom stereocenters. The first-order valence-electron chi connectivity index (χ1n) is 3.70. The normalized spacial score (nSPS) is 14.9. The van der Waals surface area contributed by atoms with E-state index in [9.17, 15) is 36.5 Å². The second-order valence-corrected chi connectivity index (χ2v) is 3.52. The van der Waals surface area contributed by atoms with E-state index in [-0.39, 0.29) is 15.7 Å². The van der Waals surface area contributed by atoms with E-state index in [4.69, 9.17) is 5.11 Å². The van der Waals surface area contributed by atoms with Gasteiger partial charge in [-0.2, -0.15) is 26.3 Å². The minimum Gasteiger partial charge on any atom is -0.370 e. The van der Waals surface area contributed by atoms with E-state index in [0.717, 1.165) is 0 Å². The second kappa shape index (κ2) is 3.54. The summed E-state index contributed by atoms with van der Waals surface area (Å²) in [6.07, 6.45) is -12.4. The quantitative estimate of drug-likeness (QED) is 0.297. The Hall–Kier alpha value is -0.930. The van der Waals surface area contributed by atoms with Crippen LogP contribution in [0.2, 0.25) is 0 Å². The summed E-state index contributed by atoms with van der Waals surface area (Å²) in [6.45, 7) is 0. The molecule has 0 aliphatic carbocycles. The van der Waals surface area contributed by atoms with Crippen molar-refractivity contribution in [3.05, 3.63) is 10.1 Å². The van der Waals surface area contributed by atoms with Gasteiger partial charge >= 0.3 is 18.0 Å². The van der Waals surface area contributed by atoms with Gasteiger partial charge in [-0.1, -0.05) is 0 Å². The minimum absolute atomic E-state index is 0.0496. The van der Waals surface area contributed by atoms with Gasteiger partial charge in [-0.25, -0.2) is 0 Å². The van der Waals surface area contributed by atoms with Gasteiger partial charge in [0.05, 0.1) is 0 Å². The predicted octanol–water partition coefficient (Wildman–Crippen LogP) is -0.961. The molecule has 1 N–H and O–H groups in total. The van der Waals surface area contributed by atoms with Crippen molar-refractivity contribution in [3.63, 3.8) is 0 Å². The lowest BCUT2D eigenvalue weighted by Gasteiger charge is -2.38. The number of alkyl halides is 6. The maximum Gasteiger partial charge on any atom is 0.431 e. The zero-order valence-electron chi connectivity index (χ0n) is 7.98. The van der Waals surface area contributed by atoms with Gasteiger partial charge in [0, 0.05) is 4.92 Å². The molecule has 0 aromatic carbocycles. The van der Waals surface area contributed by atoms with Crippen LogP contribution in [-0.2, 0) is 0 Å². The van der Waals surface area contributed by atoms with Gasteiger partial charge in [0.25, 0.3) is 0 Å². The first kappa shape index (κ1) is 15.1. The fourth-order valence-electron chi connectivity index (χ4n) is 0.987. The van der Waals surface area contributed by atoms with Crippen LogP contribution in [0.1, 0.15) is 0 Å². The third kappa shape index (κ3) is 1.85. The Morgan fingerprint density at radius 1 is 1.00 bits per heavy atom. The summed E-state index contributed by atoms with van der Waals surface area (Å²) in [4.78, 5) is 8.38. The molecule has 0 radical (unpaired) electrons. The van der Waals surface area contributed by atoms with Gasteiger partial charge in [-0.15, -0.1) is 0 Å². The van der Waals surface area contributed by atoms with E-state index in [1.54, 1.807) is 0 Å². The smallest absolute Gasteiger partial charge is 0.370 e. The van der Waals surface area contributed by atoms with Crippen molar-refractivity contribution in [2.45, 2.75) is 23.3 Å². The standard InChI is InChI=1S/C4H5B2F6NO3/c5-2(6,13(15)16)1(14,3(7,8)9)4(10,11)12/h14H,5-6H2. The van der Waals surface area contributed by atoms with E-state index >= 15 is 0 Å². The molecule has 12 heteroatoms. The molecule has 4 nitrogen and oxygen atoms in total. The Balaban J connectivity index is 5.91. The topological polar surface area (TPSA) is 63.4 Å². The molecule has 0 atom stereocenters. The van der Waals surface area contributed by atoms with Gasteiger partial charge in [0.2, 0.25) is 0 Å². The monoisotopic (exact) mass is 251 g/mol. The van der Waals surface area contributed by atoms with Crippen molar-refractivity contribution in [2.24, 2.45) is 0 Å². The molecular formula is C4H5B2F6NO3. The molecule has 0 spiro atoms. The molecule has 0 bridgehead atoms. The first-order valence-corrected chi connectivity index (χ1v) is 3.70. The van der Waals surface area contributed by atoms with Crippen molar-refractivity contribution in [1.82, 2.24) is 0 Å². The number of aliphatic hydroxyl groups is 1. The van der Waals surface area contributed by atoms with Crippen LogP contribution in [-0.4, -0.2) is 49.0 Å². The summed E-state index contributed by atoms with van der Waals surface area (Å²) in [5.74, 6) is 0. The summed E-state index contributed by atoms with van der Waals surface area (Å²) in [6, 6.07) is 0. The van der Waals surface area contributed by atoms with Crippen LogP contribution in [0, 0.1) is 10.1 Å². The molecule has 0 aliphatic heterocycles. The van der Waals surface area contributed by atoms with Crippen LogP contribution in [0.25, 0.3) is 0 Å². The fraction of sp³-hybridized carbons (Fsp3) is 1.00. The molecule has 0 aliphatic rings. The molecular weight excluding hydrogens is 246 g/mol. The lowest BCUT2D eigenvalue weighted by atomic mass is 9.52. The Kier molecular flexibility index (Phi) is 3.33. The minimum atomic E-state index is -6.21. The summed E-state index contributed by atoms with van der Waals surface area (Å²) in [7, 11) is 0.0992. The van der Waals surface area contributed by atoms with Gasteiger partial charge < -0.3 is 5.11 Å². The predicted molar refractivity (Wildman–Crippen MR) is 43.9 cm³/mol. The second-order valence-electron chi connectivity index (χ2n) is 3.52. The molecule has 0 aromatic rings. The van der Waals surface area contributed by atoms with Crippen molar-refractivity contribution in [3.8, 4) is 0 Å². The summed E-state index contributed by atoms with van der Waals surface area (Å²) >= 11 is 0. The molecule has 0 saturated carbocycles. The number of hydrogen-bond acceptors (Lipinski definition) is 3. The number of halogens is 6. The van der Waals surface area contributed by atoms with E-state index in [0.29, 0.717) is 0 Å². The maximum atomic E-state index is 12.2. The molecule has 0 aromatic heterocycles. The average Bonchev–Trinajstić information content (AvgIpc) is 1.97. The molecule has 0 fully saturated rings. The van der Waals surface area contributed by atoms with E-state index < -0.39 is 28.2 Å². The van der Waals surface area contributed by atoms with Crippen LogP contribution in [0.3, 0.4) is 0 Å². The fourth-order valence-corrected chi connectivity index (χ4v) is 0.987. The Morgan fingerprint density at radius 2 is 1.25 bits per heavy atom. The van der Waals surface area contributed by atoms with Gasteiger partial charge in [0.1, 0.15) is 0 Å². The van der Waals surface area contributed by atoms with Crippen LogP contribution < -0.4 is 0 Å². The number of nitrogens with zero attached hydrogens (tertiary/aromatic N) is 1. The van der Waals surface area contributed by atoms with Gasteiger partial charge in [0.15, 0.2) is 21.0 Å². The highest BCUT2D eigenvalue weighted by Crippen LogP contribution is 2.48. The zero-order valence-corrected chi connectivity index (χ0v) is 7.98. The Morgan fingerprint density at radius 3 is 1.31 bits per heavy atom. The van der Waals surface area contributed by atoms with Crippen LogP contribution in [0.15, 0.2) is 0 Å². The molecule has 0 rings (SSSR count). The van der Waals surface area contributed by atoms with Crippen LogP contribution in [0.5, 0.6) is 0 Å². The van der Waals surface area contributed by atoms with Crippen molar-refractivity contribution in [2.75, 3.05) is 0 Å². The van der Waals surface area contributed by atoms with E-state index in [1.807, 2.05) is 0 Å². The zero-order chi connectivity index (χ0) is 13.6.